The highest BCUT2D eigenvalue weighted by atomic mass is 17.1. The molecule has 0 heterocycles. The van der Waals surface area contributed by atoms with Gasteiger partial charge in [-0.15, -0.1) is 0 Å². The van der Waals surface area contributed by atoms with Crippen molar-refractivity contribution in [3.05, 3.63) is 48.3 Å². The number of rotatable bonds is 15. The van der Waals surface area contributed by atoms with E-state index in [9.17, 15) is 4.79 Å². The van der Waals surface area contributed by atoms with Gasteiger partial charge in [0.05, 0.1) is 0 Å². The minimum atomic E-state index is -0.734. The number of carbonyl (C=O) groups is 1. The first-order chi connectivity index (χ1) is 11.7. The number of hydrogen-bond acceptors (Lipinski definition) is 3. The highest BCUT2D eigenvalue weighted by Crippen LogP contribution is 2.11. The second-order valence-corrected chi connectivity index (χ2v) is 5.65. The van der Waals surface area contributed by atoms with Gasteiger partial charge in [0, 0.05) is 12.8 Å². The first-order valence-corrected chi connectivity index (χ1v) is 8.89. The van der Waals surface area contributed by atoms with Crippen molar-refractivity contribution in [2.24, 2.45) is 0 Å². The predicted molar refractivity (Wildman–Crippen MR) is 98.7 cm³/mol. The molecule has 0 radical (unpaired) electrons. The van der Waals surface area contributed by atoms with Gasteiger partial charge >= 0.3 is 5.97 Å². The zero-order valence-corrected chi connectivity index (χ0v) is 14.8. The van der Waals surface area contributed by atoms with Crippen LogP contribution in [0.25, 0.3) is 0 Å². The Labute approximate surface area is 146 Å². The third-order valence-electron chi connectivity index (χ3n) is 3.43. The molecule has 4 nitrogen and oxygen atoms in total. The zero-order valence-electron chi connectivity index (χ0n) is 14.8. The molecule has 0 aromatic rings. The first-order valence-electron chi connectivity index (χ1n) is 8.89. The lowest BCUT2D eigenvalue weighted by atomic mass is 10.1. The van der Waals surface area contributed by atoms with E-state index < -0.39 is 5.97 Å². The molecule has 0 atom stereocenters. The maximum absolute atomic E-state index is 10.3. The monoisotopic (exact) mass is 336 g/mol. The second-order valence-electron chi connectivity index (χ2n) is 5.65. The van der Waals surface area contributed by atoms with E-state index in [2.05, 4.69) is 30.0 Å². The molecule has 0 rings (SSSR count). The standard InChI is InChI=1S/C20H32O4/c1-2-3-13-16-19(24-23)17-14-11-9-7-5-4-6-8-10-12-15-18-20(21)22/h4-5,7-10,17,23H,2-3,6,11-16,18H2,1H3,(H,21,22)/b5-4+,9-7+,10-8+,19-17-. The minimum absolute atomic E-state index is 0.235. The van der Waals surface area contributed by atoms with Crippen LogP contribution < -0.4 is 0 Å². The predicted octanol–water partition coefficient (Wildman–Crippen LogP) is 6.03. The van der Waals surface area contributed by atoms with Gasteiger partial charge in [0.15, 0.2) is 0 Å². The van der Waals surface area contributed by atoms with E-state index in [0.29, 0.717) is 12.2 Å². The van der Waals surface area contributed by atoms with Crippen molar-refractivity contribution in [3.8, 4) is 0 Å². The Morgan fingerprint density at radius 3 is 2.42 bits per heavy atom. The molecule has 0 aliphatic heterocycles. The summed E-state index contributed by atoms with van der Waals surface area (Å²) in [7, 11) is 0. The molecule has 0 saturated heterocycles. The molecule has 2 N–H and O–H groups in total. The number of unbranched alkanes of at least 4 members (excludes halogenated alkanes) is 4. The summed E-state index contributed by atoms with van der Waals surface area (Å²) in [6.45, 7) is 2.15. The molecule has 0 amide bonds. The molecule has 0 saturated carbocycles. The SMILES string of the molecule is CCCCC/C(=C/CC/C=C/C=C/C/C=C/CCCC(=O)O)OO. The Bertz CT molecular complexity index is 419. The van der Waals surface area contributed by atoms with Crippen molar-refractivity contribution < 1.29 is 20.0 Å². The van der Waals surface area contributed by atoms with Crippen molar-refractivity contribution in [1.82, 2.24) is 0 Å². The Hall–Kier alpha value is -1.81. The Morgan fingerprint density at radius 1 is 0.917 bits per heavy atom. The van der Waals surface area contributed by atoms with Crippen LogP contribution in [0.15, 0.2) is 48.3 Å². The summed E-state index contributed by atoms with van der Waals surface area (Å²) in [6, 6.07) is 0. The topological polar surface area (TPSA) is 66.8 Å². The van der Waals surface area contributed by atoms with Gasteiger partial charge in [0.2, 0.25) is 0 Å². The fourth-order valence-electron chi connectivity index (χ4n) is 2.07. The van der Waals surface area contributed by atoms with Gasteiger partial charge in [-0.1, -0.05) is 56.2 Å². The maximum Gasteiger partial charge on any atom is 0.303 e. The summed E-state index contributed by atoms with van der Waals surface area (Å²) in [5.74, 6) is -0.0673. The van der Waals surface area contributed by atoms with Crippen molar-refractivity contribution in [2.45, 2.75) is 71.1 Å². The number of allylic oxidation sites excluding steroid dienone is 8. The van der Waals surface area contributed by atoms with Crippen LogP contribution in [0.3, 0.4) is 0 Å². The van der Waals surface area contributed by atoms with Gasteiger partial charge in [-0.05, 0) is 44.6 Å². The zero-order chi connectivity index (χ0) is 17.9. The molecule has 136 valence electrons. The third kappa shape index (κ3) is 16.6. The molecule has 0 aromatic heterocycles. The van der Waals surface area contributed by atoms with E-state index in [1.807, 2.05) is 24.3 Å². The molecule has 0 aromatic carbocycles. The average Bonchev–Trinajstić information content (AvgIpc) is 2.57. The molecule has 4 heteroatoms. The van der Waals surface area contributed by atoms with E-state index in [4.69, 9.17) is 10.4 Å². The van der Waals surface area contributed by atoms with Gasteiger partial charge in [0.1, 0.15) is 5.76 Å². The summed E-state index contributed by atoms with van der Waals surface area (Å²) in [5.41, 5.74) is 0. The van der Waals surface area contributed by atoms with Crippen molar-refractivity contribution in [1.29, 1.82) is 0 Å². The van der Waals surface area contributed by atoms with Crippen LogP contribution in [-0.2, 0) is 9.68 Å². The van der Waals surface area contributed by atoms with Crippen molar-refractivity contribution in [2.75, 3.05) is 0 Å². The lowest BCUT2D eigenvalue weighted by Gasteiger charge is -2.02. The van der Waals surface area contributed by atoms with Gasteiger partial charge in [-0.3, -0.25) is 4.79 Å². The molecule has 0 unspecified atom stereocenters. The quantitative estimate of drug-likeness (QED) is 0.0956. The fraction of sp³-hybridized carbons (Fsp3) is 0.550. The van der Waals surface area contributed by atoms with Crippen LogP contribution in [0.5, 0.6) is 0 Å². The molecular weight excluding hydrogens is 304 g/mol. The van der Waals surface area contributed by atoms with E-state index in [1.54, 1.807) is 0 Å². The lowest BCUT2D eigenvalue weighted by molar-refractivity contribution is -0.206. The largest absolute Gasteiger partial charge is 0.481 e. The molecule has 0 aliphatic carbocycles. The number of carboxylic acids is 1. The summed E-state index contributed by atoms with van der Waals surface area (Å²) in [5, 5.41) is 17.3. The highest BCUT2D eigenvalue weighted by Gasteiger charge is 1.97. The first kappa shape index (κ1) is 22.2. The van der Waals surface area contributed by atoms with E-state index in [1.165, 1.54) is 0 Å². The van der Waals surface area contributed by atoms with E-state index in [0.717, 1.165) is 51.4 Å². The van der Waals surface area contributed by atoms with Crippen molar-refractivity contribution >= 4 is 5.97 Å². The van der Waals surface area contributed by atoms with Crippen LogP contribution in [0.1, 0.15) is 71.1 Å². The summed E-state index contributed by atoms with van der Waals surface area (Å²) in [4.78, 5) is 14.7. The molecular formula is C20H32O4. The minimum Gasteiger partial charge on any atom is -0.481 e. The van der Waals surface area contributed by atoms with Crippen LogP contribution in [0.2, 0.25) is 0 Å². The van der Waals surface area contributed by atoms with Gasteiger partial charge < -0.3 is 9.99 Å². The number of carboxylic acid groups (broad SMARTS) is 1. The summed E-state index contributed by atoms with van der Waals surface area (Å²) in [6.07, 6.45) is 22.7. The lowest BCUT2D eigenvalue weighted by Crippen LogP contribution is -1.92. The summed E-state index contributed by atoms with van der Waals surface area (Å²) < 4.78 is 0. The second kappa shape index (κ2) is 17.5. The normalized spacial score (nSPS) is 12.7. The molecule has 0 aliphatic rings. The third-order valence-corrected chi connectivity index (χ3v) is 3.43. The Morgan fingerprint density at radius 2 is 1.71 bits per heavy atom. The van der Waals surface area contributed by atoms with Gasteiger partial charge in [-0.2, -0.15) is 0 Å². The maximum atomic E-state index is 10.3. The van der Waals surface area contributed by atoms with Crippen molar-refractivity contribution in [3.63, 3.8) is 0 Å². The summed E-state index contributed by atoms with van der Waals surface area (Å²) >= 11 is 0. The molecule has 0 fully saturated rings. The van der Waals surface area contributed by atoms with Gasteiger partial charge in [-0.25, -0.2) is 5.26 Å². The van der Waals surface area contributed by atoms with E-state index in [-0.39, 0.29) is 6.42 Å². The molecule has 0 bridgehead atoms. The van der Waals surface area contributed by atoms with Crippen LogP contribution >= 0.6 is 0 Å². The molecule has 0 spiro atoms. The highest BCUT2D eigenvalue weighted by molar-refractivity contribution is 5.66. The fourth-order valence-corrected chi connectivity index (χ4v) is 2.07. The average molecular weight is 336 g/mol. The Kier molecular flexibility index (Phi) is 16.2. The number of hydrogen-bond donors (Lipinski definition) is 2. The van der Waals surface area contributed by atoms with Crippen LogP contribution in [-0.4, -0.2) is 16.3 Å². The van der Waals surface area contributed by atoms with Crippen LogP contribution in [0.4, 0.5) is 0 Å². The van der Waals surface area contributed by atoms with Crippen LogP contribution in [0, 0.1) is 0 Å². The Balaban J connectivity index is 3.69. The van der Waals surface area contributed by atoms with Gasteiger partial charge in [0.25, 0.3) is 0 Å². The van der Waals surface area contributed by atoms with E-state index >= 15 is 0 Å². The molecule has 24 heavy (non-hydrogen) atoms. The number of aliphatic carboxylic acids is 1. The smallest absolute Gasteiger partial charge is 0.303 e.